The Bertz CT molecular complexity index is 921. The average molecular weight is 334 g/mol. The smallest absolute Gasteiger partial charge is 0.280 e. The van der Waals surface area contributed by atoms with Crippen molar-refractivity contribution in [1.29, 1.82) is 0 Å². The van der Waals surface area contributed by atoms with Gasteiger partial charge in [-0.25, -0.2) is 5.43 Å². The number of hydrogen-bond acceptors (Lipinski definition) is 4. The number of hydrogen-bond donors (Lipinski definition) is 2. The lowest BCUT2D eigenvalue weighted by molar-refractivity contribution is -0.127. The van der Waals surface area contributed by atoms with Crippen molar-refractivity contribution in [2.75, 3.05) is 0 Å². The predicted octanol–water partition coefficient (Wildman–Crippen LogP) is 3.46. The number of hydrazone groups is 1. The van der Waals surface area contributed by atoms with Crippen molar-refractivity contribution in [2.45, 2.75) is 13.0 Å². The highest BCUT2D eigenvalue weighted by Crippen LogP contribution is 2.21. The fourth-order valence-corrected chi connectivity index (χ4v) is 2.35. The average Bonchev–Trinajstić information content (AvgIpc) is 2.63. The maximum Gasteiger partial charge on any atom is 0.280 e. The van der Waals surface area contributed by atoms with Gasteiger partial charge in [0.05, 0.1) is 6.21 Å². The minimum atomic E-state index is -0.706. The lowest BCUT2D eigenvalue weighted by Gasteiger charge is -2.13. The minimum absolute atomic E-state index is 0.0981. The Hall–Kier alpha value is -3.34. The van der Waals surface area contributed by atoms with Crippen LogP contribution in [0, 0.1) is 0 Å². The number of nitrogens with zero attached hydrogens (tertiary/aromatic N) is 1. The van der Waals surface area contributed by atoms with E-state index in [4.69, 9.17) is 4.74 Å². The second kappa shape index (κ2) is 7.49. The second-order valence-electron chi connectivity index (χ2n) is 5.56. The van der Waals surface area contributed by atoms with E-state index in [1.54, 1.807) is 31.2 Å². The zero-order chi connectivity index (χ0) is 17.6. The number of rotatable bonds is 5. The van der Waals surface area contributed by atoms with Gasteiger partial charge < -0.3 is 9.84 Å². The Morgan fingerprint density at radius 1 is 1.08 bits per heavy atom. The number of phenolic OH excluding ortho intramolecular Hbond substituents is 1. The number of amides is 1. The maximum atomic E-state index is 12.1. The molecule has 0 saturated carbocycles. The summed E-state index contributed by atoms with van der Waals surface area (Å²) in [5.41, 5.74) is 2.93. The molecule has 25 heavy (non-hydrogen) atoms. The van der Waals surface area contributed by atoms with Gasteiger partial charge in [0, 0.05) is 5.56 Å². The van der Waals surface area contributed by atoms with Gasteiger partial charge in [-0.15, -0.1) is 0 Å². The fraction of sp³-hybridized carbons (Fsp3) is 0.100. The Labute approximate surface area is 145 Å². The number of ether oxygens (including phenoxy) is 1. The lowest BCUT2D eigenvalue weighted by atomic mass is 10.1. The second-order valence-corrected chi connectivity index (χ2v) is 5.56. The number of aromatic hydroxyl groups is 1. The van der Waals surface area contributed by atoms with E-state index in [9.17, 15) is 9.90 Å². The molecule has 0 aliphatic rings. The topological polar surface area (TPSA) is 70.9 Å². The van der Waals surface area contributed by atoms with Gasteiger partial charge in [-0.1, -0.05) is 42.5 Å². The summed E-state index contributed by atoms with van der Waals surface area (Å²) in [7, 11) is 0. The molecule has 1 atom stereocenters. The molecule has 0 spiro atoms. The molecule has 5 nitrogen and oxygen atoms in total. The van der Waals surface area contributed by atoms with Gasteiger partial charge in [-0.2, -0.15) is 5.10 Å². The molecule has 0 aliphatic heterocycles. The molecule has 3 aromatic carbocycles. The Morgan fingerprint density at radius 2 is 1.80 bits per heavy atom. The van der Waals surface area contributed by atoms with Crippen LogP contribution in [0.2, 0.25) is 0 Å². The Balaban J connectivity index is 1.61. The first kappa shape index (κ1) is 16.5. The Morgan fingerprint density at radius 3 is 2.60 bits per heavy atom. The molecule has 0 fully saturated rings. The van der Waals surface area contributed by atoms with Crippen LogP contribution in [0.15, 0.2) is 71.8 Å². The molecule has 3 aromatic rings. The van der Waals surface area contributed by atoms with Crippen molar-refractivity contribution in [2.24, 2.45) is 5.10 Å². The molecule has 0 radical (unpaired) electrons. The van der Waals surface area contributed by atoms with Gasteiger partial charge in [0.1, 0.15) is 11.5 Å². The summed E-state index contributed by atoms with van der Waals surface area (Å²) in [5.74, 6) is 0.340. The van der Waals surface area contributed by atoms with Crippen molar-refractivity contribution < 1.29 is 14.6 Å². The zero-order valence-electron chi connectivity index (χ0n) is 13.7. The minimum Gasteiger partial charge on any atom is -0.507 e. The number of phenols is 1. The quantitative estimate of drug-likeness (QED) is 0.554. The number of benzene rings is 3. The number of carbonyl (C=O) groups is 1. The van der Waals surface area contributed by atoms with Gasteiger partial charge >= 0.3 is 0 Å². The third kappa shape index (κ3) is 4.14. The van der Waals surface area contributed by atoms with Crippen LogP contribution in [-0.2, 0) is 4.79 Å². The molecule has 1 amide bonds. The van der Waals surface area contributed by atoms with E-state index >= 15 is 0 Å². The molecule has 0 bridgehead atoms. The summed E-state index contributed by atoms with van der Waals surface area (Å²) >= 11 is 0. The van der Waals surface area contributed by atoms with E-state index in [0.29, 0.717) is 11.3 Å². The van der Waals surface area contributed by atoms with Crippen molar-refractivity contribution in [3.05, 3.63) is 72.3 Å². The molecule has 0 unspecified atom stereocenters. The van der Waals surface area contributed by atoms with Crippen LogP contribution >= 0.6 is 0 Å². The predicted molar refractivity (Wildman–Crippen MR) is 97.9 cm³/mol. The molecular formula is C20H18N2O3. The molecule has 0 aromatic heterocycles. The van der Waals surface area contributed by atoms with Gasteiger partial charge in [0.2, 0.25) is 0 Å². The number of para-hydroxylation sites is 1. The summed E-state index contributed by atoms with van der Waals surface area (Å²) < 4.78 is 5.68. The van der Waals surface area contributed by atoms with Crippen molar-refractivity contribution >= 4 is 22.9 Å². The standard InChI is InChI=1S/C20H18N2O3/c1-14(20(24)22-21-13-17-8-4-5-9-19(17)23)25-18-11-10-15-6-2-3-7-16(15)12-18/h2-14,23H,1H3,(H,22,24)/b21-13-/t14-/m1/s1. The summed E-state index contributed by atoms with van der Waals surface area (Å²) in [6.45, 7) is 1.65. The summed E-state index contributed by atoms with van der Waals surface area (Å²) in [6.07, 6.45) is 0.679. The first-order valence-electron chi connectivity index (χ1n) is 7.90. The lowest BCUT2D eigenvalue weighted by Crippen LogP contribution is -2.33. The molecule has 126 valence electrons. The molecule has 3 rings (SSSR count). The van der Waals surface area contributed by atoms with E-state index in [1.165, 1.54) is 6.21 Å². The molecular weight excluding hydrogens is 316 g/mol. The van der Waals surface area contributed by atoms with Crippen LogP contribution in [0.25, 0.3) is 10.8 Å². The normalized spacial score (nSPS) is 12.2. The molecule has 5 heteroatoms. The largest absolute Gasteiger partial charge is 0.507 e. The highest BCUT2D eigenvalue weighted by atomic mass is 16.5. The molecule has 0 saturated heterocycles. The molecule has 0 heterocycles. The van der Waals surface area contributed by atoms with Crippen molar-refractivity contribution in [1.82, 2.24) is 5.43 Å². The number of fused-ring (bicyclic) bond motifs is 1. The number of carbonyl (C=O) groups excluding carboxylic acids is 1. The van der Waals surface area contributed by atoms with Crippen LogP contribution in [0.1, 0.15) is 12.5 Å². The summed E-state index contributed by atoms with van der Waals surface area (Å²) in [4.78, 5) is 12.1. The van der Waals surface area contributed by atoms with Gasteiger partial charge in [0.15, 0.2) is 6.10 Å². The van der Waals surface area contributed by atoms with Gasteiger partial charge in [-0.05, 0) is 42.0 Å². The SMILES string of the molecule is C[C@@H](Oc1ccc2ccccc2c1)C(=O)N/N=C\c1ccccc1O. The monoisotopic (exact) mass is 334 g/mol. The first-order valence-corrected chi connectivity index (χ1v) is 7.90. The van der Waals surface area contributed by atoms with E-state index in [1.807, 2.05) is 42.5 Å². The van der Waals surface area contributed by atoms with Gasteiger partial charge in [0.25, 0.3) is 5.91 Å². The maximum absolute atomic E-state index is 12.1. The van der Waals surface area contributed by atoms with E-state index < -0.39 is 6.10 Å². The highest BCUT2D eigenvalue weighted by molar-refractivity contribution is 5.86. The van der Waals surface area contributed by atoms with Crippen LogP contribution in [0.5, 0.6) is 11.5 Å². The van der Waals surface area contributed by atoms with Crippen LogP contribution < -0.4 is 10.2 Å². The number of nitrogens with one attached hydrogen (secondary N) is 1. The van der Waals surface area contributed by atoms with Crippen molar-refractivity contribution in [3.63, 3.8) is 0 Å². The molecule has 2 N–H and O–H groups in total. The third-order valence-electron chi connectivity index (χ3n) is 3.72. The Kier molecular flexibility index (Phi) is 4.95. The summed E-state index contributed by atoms with van der Waals surface area (Å²) in [5, 5.41) is 15.6. The van der Waals surface area contributed by atoms with Crippen LogP contribution in [-0.4, -0.2) is 23.3 Å². The zero-order valence-corrected chi connectivity index (χ0v) is 13.7. The fourth-order valence-electron chi connectivity index (χ4n) is 2.35. The van der Waals surface area contributed by atoms with Gasteiger partial charge in [-0.3, -0.25) is 4.79 Å². The van der Waals surface area contributed by atoms with Crippen molar-refractivity contribution in [3.8, 4) is 11.5 Å². The van der Waals surface area contributed by atoms with Crippen LogP contribution in [0.3, 0.4) is 0 Å². The van der Waals surface area contributed by atoms with E-state index in [0.717, 1.165) is 10.8 Å². The van der Waals surface area contributed by atoms with E-state index in [2.05, 4.69) is 10.5 Å². The third-order valence-corrected chi connectivity index (χ3v) is 3.72. The first-order chi connectivity index (χ1) is 12.1. The van der Waals surface area contributed by atoms with Crippen LogP contribution in [0.4, 0.5) is 0 Å². The summed E-state index contributed by atoms with van der Waals surface area (Å²) in [6, 6.07) is 20.3. The van der Waals surface area contributed by atoms with E-state index in [-0.39, 0.29) is 11.7 Å². The molecule has 0 aliphatic carbocycles. The highest BCUT2D eigenvalue weighted by Gasteiger charge is 2.14.